The number of hydrogen-bond donors (Lipinski definition) is 1. The monoisotopic (exact) mass is 140 g/mol. The van der Waals surface area contributed by atoms with Gasteiger partial charge in [-0.15, -0.1) is 0 Å². The van der Waals surface area contributed by atoms with Crippen LogP contribution in [0.4, 0.5) is 0 Å². The highest BCUT2D eigenvalue weighted by Gasteiger charge is 1.84. The second-order valence-corrected chi connectivity index (χ2v) is 1.50. The van der Waals surface area contributed by atoms with Crippen molar-refractivity contribution in [1.82, 2.24) is 5.32 Å². The lowest BCUT2D eigenvalue weighted by molar-refractivity contribution is 0.788. The molecule has 0 fully saturated rings. The first kappa shape index (κ1) is 11.9. The highest BCUT2D eigenvalue weighted by molar-refractivity contribution is 5.16. The van der Waals surface area contributed by atoms with Crippen LogP contribution < -0.4 is 5.32 Å². The van der Waals surface area contributed by atoms with E-state index in [0.717, 1.165) is 6.54 Å². The topological polar surface area (TPSA) is 35.8 Å². The Morgan fingerprint density at radius 1 is 1.60 bits per heavy atom. The van der Waals surface area contributed by atoms with E-state index in [2.05, 4.69) is 11.9 Å². The van der Waals surface area contributed by atoms with Crippen molar-refractivity contribution in [1.29, 1.82) is 5.26 Å². The van der Waals surface area contributed by atoms with Gasteiger partial charge in [-0.05, 0) is 6.54 Å². The van der Waals surface area contributed by atoms with E-state index in [1.807, 2.05) is 26.8 Å². The summed E-state index contributed by atoms with van der Waals surface area (Å²) in [5.74, 6) is 0. The second-order valence-electron chi connectivity index (χ2n) is 1.50. The maximum atomic E-state index is 8.17. The van der Waals surface area contributed by atoms with E-state index in [4.69, 9.17) is 5.26 Å². The minimum atomic E-state index is 0.590. The highest BCUT2D eigenvalue weighted by Crippen LogP contribution is 1.79. The van der Waals surface area contributed by atoms with Crippen LogP contribution in [0.25, 0.3) is 0 Å². The minimum absolute atomic E-state index is 0.590. The van der Waals surface area contributed by atoms with E-state index in [-0.39, 0.29) is 0 Å². The zero-order valence-electron chi connectivity index (χ0n) is 7.07. The summed E-state index contributed by atoms with van der Waals surface area (Å²) in [7, 11) is 0. The Balaban J connectivity index is 0. The van der Waals surface area contributed by atoms with Gasteiger partial charge in [-0.2, -0.15) is 5.26 Å². The summed E-state index contributed by atoms with van der Waals surface area (Å²) in [6.07, 6.45) is 0. The molecule has 0 heterocycles. The molecule has 0 aromatic rings. The maximum Gasteiger partial charge on any atom is 0.0954 e. The molecule has 0 saturated carbocycles. The minimum Gasteiger partial charge on any atom is -0.312 e. The Hall–Kier alpha value is -0.810. The first-order valence-corrected chi connectivity index (χ1v) is 3.59. The van der Waals surface area contributed by atoms with Crippen LogP contribution in [0.3, 0.4) is 0 Å². The summed E-state index contributed by atoms with van der Waals surface area (Å²) < 4.78 is 0. The molecule has 0 aromatic carbocycles. The molecule has 0 saturated heterocycles. The Morgan fingerprint density at radius 2 is 2.10 bits per heavy atom. The van der Waals surface area contributed by atoms with Gasteiger partial charge in [0.2, 0.25) is 0 Å². The zero-order valence-corrected chi connectivity index (χ0v) is 7.07. The van der Waals surface area contributed by atoms with Gasteiger partial charge in [-0.25, -0.2) is 0 Å². The van der Waals surface area contributed by atoms with Gasteiger partial charge in [-0.3, -0.25) is 0 Å². The summed E-state index contributed by atoms with van der Waals surface area (Å²) in [5, 5.41) is 11.1. The van der Waals surface area contributed by atoms with Crippen LogP contribution in [0.2, 0.25) is 0 Å². The first-order chi connectivity index (χ1) is 4.81. The molecule has 0 unspecified atom stereocenters. The summed E-state index contributed by atoms with van der Waals surface area (Å²) in [6.45, 7) is 11.0. The van der Waals surface area contributed by atoms with Crippen LogP contribution in [0.5, 0.6) is 0 Å². The normalized spacial score (nSPS) is 7.00. The molecule has 2 heteroatoms. The molecule has 0 spiro atoms. The molecule has 0 atom stereocenters. The number of likely N-dealkylation sites (N-methyl/N-ethyl adjacent to an activating group) is 1. The van der Waals surface area contributed by atoms with Crippen LogP contribution in [0, 0.1) is 11.3 Å². The van der Waals surface area contributed by atoms with Crippen molar-refractivity contribution in [2.24, 2.45) is 0 Å². The number of nitriles is 1. The number of nitrogens with one attached hydrogen (secondary N) is 1. The molecular weight excluding hydrogens is 124 g/mol. The largest absolute Gasteiger partial charge is 0.312 e. The fraction of sp³-hybridized carbons (Fsp3) is 0.625. The Bertz CT molecular complexity index is 111. The van der Waals surface area contributed by atoms with Crippen LogP contribution in [-0.2, 0) is 0 Å². The molecule has 0 aromatic heterocycles. The van der Waals surface area contributed by atoms with E-state index in [9.17, 15) is 0 Å². The van der Waals surface area contributed by atoms with Gasteiger partial charge >= 0.3 is 0 Å². The van der Waals surface area contributed by atoms with Crippen LogP contribution in [-0.4, -0.2) is 13.1 Å². The lowest BCUT2D eigenvalue weighted by Crippen LogP contribution is -2.14. The van der Waals surface area contributed by atoms with E-state index in [0.29, 0.717) is 12.1 Å². The summed E-state index contributed by atoms with van der Waals surface area (Å²) in [6, 6.07) is 1.94. The smallest absolute Gasteiger partial charge is 0.0954 e. The number of hydrogen-bond acceptors (Lipinski definition) is 2. The third-order valence-electron chi connectivity index (χ3n) is 0.747. The van der Waals surface area contributed by atoms with Crippen molar-refractivity contribution in [2.75, 3.05) is 13.1 Å². The first-order valence-electron chi connectivity index (χ1n) is 3.59. The SMILES string of the molecule is C=C(C#N)CNCC.CC. The number of nitrogens with zero attached hydrogens (tertiary/aromatic N) is 1. The van der Waals surface area contributed by atoms with Gasteiger partial charge in [0, 0.05) is 12.1 Å². The maximum absolute atomic E-state index is 8.17. The van der Waals surface area contributed by atoms with Crippen LogP contribution in [0.1, 0.15) is 20.8 Å². The average molecular weight is 140 g/mol. The molecule has 0 radical (unpaired) electrons. The van der Waals surface area contributed by atoms with E-state index in [1.54, 1.807) is 0 Å². The molecule has 0 rings (SSSR count). The predicted octanol–water partition coefficient (Wildman–Crippen LogP) is 1.70. The molecule has 0 aliphatic heterocycles. The van der Waals surface area contributed by atoms with E-state index in [1.165, 1.54) is 0 Å². The lowest BCUT2D eigenvalue weighted by Gasteiger charge is -1.93. The third-order valence-corrected chi connectivity index (χ3v) is 0.747. The van der Waals surface area contributed by atoms with Crippen molar-refractivity contribution < 1.29 is 0 Å². The van der Waals surface area contributed by atoms with Crippen molar-refractivity contribution >= 4 is 0 Å². The molecular formula is C8H16N2. The van der Waals surface area contributed by atoms with E-state index < -0.39 is 0 Å². The lowest BCUT2D eigenvalue weighted by atomic mass is 10.3. The van der Waals surface area contributed by atoms with Gasteiger partial charge in [0.05, 0.1) is 6.07 Å². The zero-order chi connectivity index (χ0) is 8.41. The van der Waals surface area contributed by atoms with Gasteiger partial charge in [0.1, 0.15) is 0 Å². The molecule has 58 valence electrons. The molecule has 1 N–H and O–H groups in total. The summed E-state index contributed by atoms with van der Waals surface area (Å²) in [5.41, 5.74) is 0.590. The third kappa shape index (κ3) is 10.2. The van der Waals surface area contributed by atoms with Crippen molar-refractivity contribution in [3.8, 4) is 6.07 Å². The van der Waals surface area contributed by atoms with Gasteiger partial charge in [0.25, 0.3) is 0 Å². The summed E-state index contributed by atoms with van der Waals surface area (Å²) in [4.78, 5) is 0. The molecule has 0 bridgehead atoms. The van der Waals surface area contributed by atoms with Crippen LogP contribution >= 0.6 is 0 Å². The number of rotatable bonds is 3. The van der Waals surface area contributed by atoms with Crippen molar-refractivity contribution in [2.45, 2.75) is 20.8 Å². The molecule has 0 amide bonds. The fourth-order valence-electron chi connectivity index (χ4n) is 0.315. The van der Waals surface area contributed by atoms with Crippen molar-refractivity contribution in [3.63, 3.8) is 0 Å². The Labute approximate surface area is 63.6 Å². The van der Waals surface area contributed by atoms with Gasteiger partial charge in [-0.1, -0.05) is 27.4 Å². The molecule has 10 heavy (non-hydrogen) atoms. The standard InChI is InChI=1S/C6H10N2.C2H6/c1-3-8-5-6(2)4-7;1-2/h8H,2-3,5H2,1H3;1-2H3. The molecule has 2 nitrogen and oxygen atoms in total. The Kier molecular flexibility index (Phi) is 13.2. The molecule has 0 aliphatic carbocycles. The predicted molar refractivity (Wildman–Crippen MR) is 44.6 cm³/mol. The van der Waals surface area contributed by atoms with E-state index >= 15 is 0 Å². The average Bonchev–Trinajstić information content (AvgIpc) is 2.04. The highest BCUT2D eigenvalue weighted by atomic mass is 14.8. The Morgan fingerprint density at radius 3 is 2.40 bits per heavy atom. The van der Waals surface area contributed by atoms with Crippen LogP contribution in [0.15, 0.2) is 12.2 Å². The molecule has 0 aliphatic rings. The van der Waals surface area contributed by atoms with Crippen molar-refractivity contribution in [3.05, 3.63) is 12.2 Å². The van der Waals surface area contributed by atoms with Gasteiger partial charge < -0.3 is 5.32 Å². The summed E-state index contributed by atoms with van der Waals surface area (Å²) >= 11 is 0. The second kappa shape index (κ2) is 11.0. The fourth-order valence-corrected chi connectivity index (χ4v) is 0.315. The quantitative estimate of drug-likeness (QED) is 0.606. The van der Waals surface area contributed by atoms with Gasteiger partial charge in [0.15, 0.2) is 0 Å².